The van der Waals surface area contributed by atoms with Crippen molar-refractivity contribution in [3.63, 3.8) is 0 Å². The van der Waals surface area contributed by atoms with E-state index in [1.54, 1.807) is 30.1 Å². The number of carbonyl (C=O) groups is 3. The van der Waals surface area contributed by atoms with Crippen LogP contribution in [0.1, 0.15) is 48.2 Å². The highest BCUT2D eigenvalue weighted by molar-refractivity contribution is 5.99. The molecule has 0 atom stereocenters. The van der Waals surface area contributed by atoms with E-state index in [1.165, 1.54) is 12.0 Å². The zero-order chi connectivity index (χ0) is 24.5. The Labute approximate surface area is 201 Å². The molecule has 35 heavy (non-hydrogen) atoms. The Bertz CT molecular complexity index is 1400. The van der Waals surface area contributed by atoms with Gasteiger partial charge in [-0.2, -0.15) is 5.10 Å². The summed E-state index contributed by atoms with van der Waals surface area (Å²) < 4.78 is 4.86. The van der Waals surface area contributed by atoms with E-state index in [0.717, 1.165) is 22.2 Å². The Balaban J connectivity index is 1.35. The summed E-state index contributed by atoms with van der Waals surface area (Å²) in [6, 6.07) is 16.6. The molecule has 4 aromatic rings. The summed E-state index contributed by atoms with van der Waals surface area (Å²) >= 11 is 0. The van der Waals surface area contributed by atoms with Gasteiger partial charge >= 0.3 is 5.97 Å². The number of aromatic nitrogens is 3. The number of ether oxygens (including phenoxy) is 1. The molecule has 0 spiro atoms. The molecule has 178 valence electrons. The SMILES string of the molecule is COC(=O)c1ccccc1CN(C)C(=O)c1[nH]nc2c1CN(C(=O)c1cc3ccccc3[nH]1)CC2. The normalized spacial score (nSPS) is 12.9. The van der Waals surface area contributed by atoms with E-state index < -0.39 is 5.97 Å². The van der Waals surface area contributed by atoms with Crippen LogP contribution in [-0.4, -0.2) is 63.5 Å². The number of esters is 1. The molecule has 0 unspecified atom stereocenters. The van der Waals surface area contributed by atoms with Crippen LogP contribution in [0.2, 0.25) is 0 Å². The summed E-state index contributed by atoms with van der Waals surface area (Å²) in [5.41, 5.74) is 4.38. The van der Waals surface area contributed by atoms with Gasteiger partial charge < -0.3 is 19.5 Å². The first-order chi connectivity index (χ1) is 17.0. The summed E-state index contributed by atoms with van der Waals surface area (Å²) in [6.45, 7) is 1.02. The highest BCUT2D eigenvalue weighted by Crippen LogP contribution is 2.24. The maximum Gasteiger partial charge on any atom is 0.338 e. The minimum atomic E-state index is -0.452. The first-order valence-corrected chi connectivity index (χ1v) is 11.3. The van der Waals surface area contributed by atoms with Crippen LogP contribution in [0.15, 0.2) is 54.6 Å². The summed E-state index contributed by atoms with van der Waals surface area (Å²) in [6.07, 6.45) is 0.556. The van der Waals surface area contributed by atoms with Crippen molar-refractivity contribution >= 4 is 28.7 Å². The van der Waals surface area contributed by atoms with E-state index in [9.17, 15) is 14.4 Å². The van der Waals surface area contributed by atoms with Gasteiger partial charge in [0.05, 0.1) is 24.9 Å². The molecular weight excluding hydrogens is 446 g/mol. The lowest BCUT2D eigenvalue weighted by Crippen LogP contribution is -2.37. The molecule has 2 aromatic carbocycles. The Kier molecular flexibility index (Phi) is 5.82. The molecule has 0 radical (unpaired) electrons. The largest absolute Gasteiger partial charge is 0.465 e. The first kappa shape index (κ1) is 22.4. The van der Waals surface area contributed by atoms with Crippen LogP contribution >= 0.6 is 0 Å². The average molecular weight is 472 g/mol. The fraction of sp³-hybridized carbons (Fsp3) is 0.231. The highest BCUT2D eigenvalue weighted by atomic mass is 16.5. The topological polar surface area (TPSA) is 111 Å². The van der Waals surface area contributed by atoms with Gasteiger partial charge in [0.15, 0.2) is 0 Å². The number of benzene rings is 2. The number of H-pyrrole nitrogens is 2. The maximum absolute atomic E-state index is 13.3. The van der Waals surface area contributed by atoms with Crippen LogP contribution in [0.3, 0.4) is 0 Å². The minimum absolute atomic E-state index is 0.119. The Hall–Kier alpha value is -4.40. The Morgan fingerprint density at radius 2 is 1.89 bits per heavy atom. The van der Waals surface area contributed by atoms with Crippen molar-refractivity contribution in [2.45, 2.75) is 19.5 Å². The molecule has 2 N–H and O–H groups in total. The fourth-order valence-corrected chi connectivity index (χ4v) is 4.49. The number of para-hydroxylation sites is 1. The molecule has 9 nitrogen and oxygen atoms in total. The van der Waals surface area contributed by atoms with Crippen LogP contribution in [0, 0.1) is 0 Å². The van der Waals surface area contributed by atoms with Gasteiger partial charge in [-0.25, -0.2) is 4.79 Å². The second-order valence-electron chi connectivity index (χ2n) is 8.58. The smallest absolute Gasteiger partial charge is 0.338 e. The predicted molar refractivity (Wildman–Crippen MR) is 129 cm³/mol. The van der Waals surface area contributed by atoms with Gasteiger partial charge in [-0.05, 0) is 23.8 Å². The van der Waals surface area contributed by atoms with Gasteiger partial charge in [-0.1, -0.05) is 36.4 Å². The van der Waals surface area contributed by atoms with Gasteiger partial charge in [0.1, 0.15) is 11.4 Å². The Morgan fingerprint density at radius 1 is 1.11 bits per heavy atom. The zero-order valence-corrected chi connectivity index (χ0v) is 19.5. The van der Waals surface area contributed by atoms with E-state index in [-0.39, 0.29) is 24.9 Å². The number of nitrogens with one attached hydrogen (secondary N) is 2. The van der Waals surface area contributed by atoms with Crippen molar-refractivity contribution in [1.29, 1.82) is 0 Å². The van der Waals surface area contributed by atoms with E-state index >= 15 is 0 Å². The molecule has 0 fully saturated rings. The molecule has 2 aromatic heterocycles. The second kappa shape index (κ2) is 9.09. The number of amides is 2. The fourth-order valence-electron chi connectivity index (χ4n) is 4.49. The van der Waals surface area contributed by atoms with Crippen molar-refractivity contribution in [2.24, 2.45) is 0 Å². The number of hydrogen-bond acceptors (Lipinski definition) is 5. The molecule has 0 saturated carbocycles. The third kappa shape index (κ3) is 4.16. The quantitative estimate of drug-likeness (QED) is 0.435. The summed E-state index contributed by atoms with van der Waals surface area (Å²) in [7, 11) is 2.99. The lowest BCUT2D eigenvalue weighted by Gasteiger charge is -2.27. The second-order valence-corrected chi connectivity index (χ2v) is 8.58. The zero-order valence-electron chi connectivity index (χ0n) is 19.5. The average Bonchev–Trinajstić information content (AvgIpc) is 3.51. The van der Waals surface area contributed by atoms with E-state index in [2.05, 4.69) is 15.2 Å². The molecule has 0 aliphatic carbocycles. The third-order valence-corrected chi connectivity index (χ3v) is 6.36. The molecule has 3 heterocycles. The molecular formula is C26H25N5O4. The van der Waals surface area contributed by atoms with E-state index in [0.29, 0.717) is 35.5 Å². The van der Waals surface area contributed by atoms with Crippen molar-refractivity contribution in [3.05, 3.63) is 88.4 Å². The molecule has 0 bridgehead atoms. The number of rotatable bonds is 5. The lowest BCUT2D eigenvalue weighted by molar-refractivity contribution is 0.0595. The number of carbonyl (C=O) groups excluding carboxylic acids is 3. The number of aromatic amines is 2. The molecule has 5 rings (SSSR count). The first-order valence-electron chi connectivity index (χ1n) is 11.3. The maximum atomic E-state index is 13.3. The summed E-state index contributed by atoms with van der Waals surface area (Å²) in [5.74, 6) is -0.836. The molecule has 2 amide bonds. The van der Waals surface area contributed by atoms with Gasteiger partial charge in [0, 0.05) is 43.0 Å². The number of nitrogens with zero attached hydrogens (tertiary/aromatic N) is 3. The predicted octanol–water partition coefficient (Wildman–Crippen LogP) is 3.15. The number of fused-ring (bicyclic) bond motifs is 2. The van der Waals surface area contributed by atoms with E-state index in [4.69, 9.17) is 4.74 Å². The van der Waals surface area contributed by atoms with Crippen LogP contribution in [0.25, 0.3) is 10.9 Å². The van der Waals surface area contributed by atoms with Crippen molar-refractivity contribution < 1.29 is 19.1 Å². The van der Waals surface area contributed by atoms with Crippen LogP contribution in [0.4, 0.5) is 0 Å². The van der Waals surface area contributed by atoms with Gasteiger partial charge in [0.2, 0.25) is 0 Å². The standard InChI is InChI=1S/C26H25N5O4/c1-30(14-17-8-3-5-9-18(17)26(34)35-2)25(33)23-19-15-31(12-11-21(19)28-29-23)24(32)22-13-16-7-4-6-10-20(16)27-22/h3-10,13,27H,11-12,14-15H2,1-2H3,(H,28,29). The molecule has 9 heteroatoms. The molecule has 1 aliphatic heterocycles. The summed E-state index contributed by atoms with van der Waals surface area (Å²) in [4.78, 5) is 45.1. The van der Waals surface area contributed by atoms with Crippen molar-refractivity contribution in [1.82, 2.24) is 25.0 Å². The van der Waals surface area contributed by atoms with Crippen LogP contribution in [-0.2, 0) is 24.2 Å². The number of hydrogen-bond donors (Lipinski definition) is 2. The van der Waals surface area contributed by atoms with Crippen molar-refractivity contribution in [2.75, 3.05) is 20.7 Å². The number of methoxy groups -OCH3 is 1. The lowest BCUT2D eigenvalue weighted by atomic mass is 10.0. The summed E-state index contributed by atoms with van der Waals surface area (Å²) in [5, 5.41) is 8.18. The Morgan fingerprint density at radius 3 is 2.69 bits per heavy atom. The minimum Gasteiger partial charge on any atom is -0.465 e. The van der Waals surface area contributed by atoms with Gasteiger partial charge in [-0.3, -0.25) is 14.7 Å². The highest BCUT2D eigenvalue weighted by Gasteiger charge is 2.30. The van der Waals surface area contributed by atoms with E-state index in [1.807, 2.05) is 36.4 Å². The monoisotopic (exact) mass is 471 g/mol. The third-order valence-electron chi connectivity index (χ3n) is 6.36. The van der Waals surface area contributed by atoms with Crippen molar-refractivity contribution in [3.8, 4) is 0 Å². The van der Waals surface area contributed by atoms with Crippen LogP contribution < -0.4 is 0 Å². The van der Waals surface area contributed by atoms with Gasteiger partial charge in [0.25, 0.3) is 11.8 Å². The van der Waals surface area contributed by atoms with Crippen LogP contribution in [0.5, 0.6) is 0 Å². The molecule has 0 saturated heterocycles. The molecule has 1 aliphatic rings. The van der Waals surface area contributed by atoms with Gasteiger partial charge in [-0.15, -0.1) is 0 Å².